The molecule has 3 nitrogen and oxygen atoms in total. The Hall–Kier alpha value is -2.73. The van der Waals surface area contributed by atoms with Crippen LogP contribution >= 0.6 is 11.6 Å². The molecule has 0 radical (unpaired) electrons. The monoisotopic (exact) mass is 365 g/mol. The fourth-order valence-corrected chi connectivity index (χ4v) is 2.42. The summed E-state index contributed by atoms with van der Waals surface area (Å²) in [4.78, 5) is 12.2. The standard InChI is InChI=1S/C18H11ClF3NO2/c19-14-7-6-11(18(20,21)22)10-13(14)15-8-9-16(25-15)17(24)23-12-4-2-1-3-5-12/h1-10H,(H,23,24). The molecular formula is C18H11ClF3NO2. The quantitative estimate of drug-likeness (QED) is 0.630. The molecule has 2 aromatic carbocycles. The summed E-state index contributed by atoms with van der Waals surface area (Å²) in [6.45, 7) is 0. The third-order valence-electron chi connectivity index (χ3n) is 3.42. The van der Waals surface area contributed by atoms with Gasteiger partial charge in [0.05, 0.1) is 10.6 Å². The molecule has 0 bridgehead atoms. The van der Waals surface area contributed by atoms with Gasteiger partial charge in [0.2, 0.25) is 0 Å². The molecule has 1 heterocycles. The van der Waals surface area contributed by atoms with Crippen LogP contribution in [0.5, 0.6) is 0 Å². The van der Waals surface area contributed by atoms with Gasteiger partial charge in [0.25, 0.3) is 5.91 Å². The van der Waals surface area contributed by atoms with Crippen molar-refractivity contribution in [3.8, 4) is 11.3 Å². The molecule has 0 aliphatic carbocycles. The van der Waals surface area contributed by atoms with E-state index in [1.54, 1.807) is 30.3 Å². The Kier molecular flexibility index (Phi) is 4.55. The SMILES string of the molecule is O=C(Nc1ccccc1)c1ccc(-c2cc(C(F)(F)F)ccc2Cl)o1. The first kappa shape index (κ1) is 17.1. The molecule has 1 amide bonds. The smallest absolute Gasteiger partial charge is 0.416 e. The van der Waals surface area contributed by atoms with Gasteiger partial charge >= 0.3 is 6.18 Å². The van der Waals surface area contributed by atoms with Crippen LogP contribution in [-0.2, 0) is 6.18 Å². The van der Waals surface area contributed by atoms with E-state index in [2.05, 4.69) is 5.32 Å². The molecule has 128 valence electrons. The van der Waals surface area contributed by atoms with Crippen LogP contribution in [0, 0.1) is 0 Å². The number of hydrogen-bond acceptors (Lipinski definition) is 2. The molecular weight excluding hydrogens is 355 g/mol. The minimum Gasteiger partial charge on any atom is -0.451 e. The van der Waals surface area contributed by atoms with Crippen LogP contribution in [0.3, 0.4) is 0 Å². The molecule has 0 saturated carbocycles. The highest BCUT2D eigenvalue weighted by Gasteiger charge is 2.31. The number of carbonyl (C=O) groups is 1. The number of furan rings is 1. The van der Waals surface area contributed by atoms with Crippen LogP contribution in [0.1, 0.15) is 16.1 Å². The number of halogens is 4. The fourth-order valence-electron chi connectivity index (χ4n) is 2.21. The lowest BCUT2D eigenvalue weighted by Crippen LogP contribution is -2.10. The van der Waals surface area contributed by atoms with Gasteiger partial charge in [0.1, 0.15) is 5.76 Å². The number of amides is 1. The third-order valence-corrected chi connectivity index (χ3v) is 3.75. The van der Waals surface area contributed by atoms with Crippen molar-refractivity contribution in [2.24, 2.45) is 0 Å². The molecule has 0 aliphatic rings. The lowest BCUT2D eigenvalue weighted by atomic mass is 10.1. The van der Waals surface area contributed by atoms with E-state index in [4.69, 9.17) is 16.0 Å². The summed E-state index contributed by atoms with van der Waals surface area (Å²) in [6.07, 6.45) is -4.50. The molecule has 0 unspecified atom stereocenters. The van der Waals surface area contributed by atoms with Gasteiger partial charge in [-0.3, -0.25) is 4.79 Å². The summed E-state index contributed by atoms with van der Waals surface area (Å²) < 4.78 is 43.9. The minimum absolute atomic E-state index is 0.0349. The van der Waals surface area contributed by atoms with Crippen molar-refractivity contribution in [2.45, 2.75) is 6.18 Å². The number of rotatable bonds is 3. The Morgan fingerprint density at radius 3 is 2.40 bits per heavy atom. The third kappa shape index (κ3) is 3.85. The average Bonchev–Trinajstić information content (AvgIpc) is 3.05. The molecule has 3 aromatic rings. The summed E-state index contributed by atoms with van der Waals surface area (Å²) in [5.74, 6) is -0.470. The van der Waals surface area contributed by atoms with Crippen molar-refractivity contribution < 1.29 is 22.4 Å². The first-order valence-electron chi connectivity index (χ1n) is 7.18. The second-order valence-corrected chi connectivity index (χ2v) is 5.58. The van der Waals surface area contributed by atoms with E-state index in [-0.39, 0.29) is 22.1 Å². The van der Waals surface area contributed by atoms with Gasteiger partial charge in [-0.1, -0.05) is 29.8 Å². The highest BCUT2D eigenvalue weighted by Crippen LogP contribution is 2.36. The maximum atomic E-state index is 12.9. The van der Waals surface area contributed by atoms with Crippen LogP contribution in [-0.4, -0.2) is 5.91 Å². The maximum absolute atomic E-state index is 12.9. The zero-order valence-electron chi connectivity index (χ0n) is 12.6. The summed E-state index contributed by atoms with van der Waals surface area (Å²) in [6, 6.07) is 14.4. The number of anilines is 1. The summed E-state index contributed by atoms with van der Waals surface area (Å²) in [7, 11) is 0. The Bertz CT molecular complexity index is 904. The van der Waals surface area contributed by atoms with Crippen molar-refractivity contribution in [2.75, 3.05) is 5.32 Å². The van der Waals surface area contributed by atoms with Crippen LogP contribution in [0.2, 0.25) is 5.02 Å². The van der Waals surface area contributed by atoms with Crippen molar-refractivity contribution in [3.05, 3.63) is 77.0 Å². The molecule has 0 fully saturated rings. The van der Waals surface area contributed by atoms with E-state index in [1.165, 1.54) is 12.1 Å². The largest absolute Gasteiger partial charge is 0.451 e. The van der Waals surface area contributed by atoms with Crippen LogP contribution in [0.15, 0.2) is 65.1 Å². The Morgan fingerprint density at radius 2 is 1.72 bits per heavy atom. The van der Waals surface area contributed by atoms with E-state index in [1.807, 2.05) is 0 Å². The van der Waals surface area contributed by atoms with E-state index in [0.717, 1.165) is 18.2 Å². The molecule has 3 rings (SSSR count). The zero-order valence-corrected chi connectivity index (χ0v) is 13.4. The molecule has 1 N–H and O–H groups in total. The summed E-state index contributed by atoms with van der Waals surface area (Å²) >= 11 is 5.97. The predicted octanol–water partition coefficient (Wildman–Crippen LogP) is 5.87. The van der Waals surface area contributed by atoms with E-state index in [9.17, 15) is 18.0 Å². The van der Waals surface area contributed by atoms with Gasteiger partial charge in [-0.25, -0.2) is 0 Å². The Labute approximate surface area is 146 Å². The van der Waals surface area contributed by atoms with Crippen molar-refractivity contribution in [1.29, 1.82) is 0 Å². The second-order valence-electron chi connectivity index (χ2n) is 5.18. The molecule has 25 heavy (non-hydrogen) atoms. The van der Waals surface area contributed by atoms with Crippen molar-refractivity contribution in [1.82, 2.24) is 0 Å². The minimum atomic E-state index is -4.50. The van der Waals surface area contributed by atoms with E-state index in [0.29, 0.717) is 5.69 Å². The van der Waals surface area contributed by atoms with Crippen LogP contribution in [0.4, 0.5) is 18.9 Å². The normalized spacial score (nSPS) is 11.4. The van der Waals surface area contributed by atoms with Gasteiger partial charge in [0.15, 0.2) is 5.76 Å². The molecule has 7 heteroatoms. The van der Waals surface area contributed by atoms with Gasteiger partial charge < -0.3 is 9.73 Å². The summed E-state index contributed by atoms with van der Waals surface area (Å²) in [5.41, 5.74) is -0.212. The van der Waals surface area contributed by atoms with Gasteiger partial charge in [-0.2, -0.15) is 13.2 Å². The zero-order chi connectivity index (χ0) is 18.0. The van der Waals surface area contributed by atoms with Gasteiger partial charge in [-0.15, -0.1) is 0 Å². The number of hydrogen-bond donors (Lipinski definition) is 1. The van der Waals surface area contributed by atoms with Crippen molar-refractivity contribution in [3.63, 3.8) is 0 Å². The number of nitrogens with one attached hydrogen (secondary N) is 1. The van der Waals surface area contributed by atoms with E-state index >= 15 is 0 Å². The molecule has 0 aliphatic heterocycles. The van der Waals surface area contributed by atoms with E-state index < -0.39 is 17.6 Å². The topological polar surface area (TPSA) is 42.2 Å². The first-order chi connectivity index (χ1) is 11.8. The lowest BCUT2D eigenvalue weighted by Gasteiger charge is -2.09. The lowest BCUT2D eigenvalue weighted by molar-refractivity contribution is -0.137. The number of alkyl halides is 3. The maximum Gasteiger partial charge on any atom is 0.416 e. The predicted molar refractivity (Wildman–Crippen MR) is 88.6 cm³/mol. The highest BCUT2D eigenvalue weighted by atomic mass is 35.5. The number of para-hydroxylation sites is 1. The number of carbonyl (C=O) groups excluding carboxylic acids is 1. The highest BCUT2D eigenvalue weighted by molar-refractivity contribution is 6.33. The fraction of sp³-hybridized carbons (Fsp3) is 0.0556. The molecule has 0 saturated heterocycles. The summed E-state index contributed by atoms with van der Waals surface area (Å²) in [5, 5.41) is 2.72. The molecule has 0 spiro atoms. The average molecular weight is 366 g/mol. The first-order valence-corrected chi connectivity index (χ1v) is 7.56. The van der Waals surface area contributed by atoms with Gasteiger partial charge in [0, 0.05) is 11.3 Å². The number of benzene rings is 2. The van der Waals surface area contributed by atoms with Gasteiger partial charge in [-0.05, 0) is 42.5 Å². The Balaban J connectivity index is 1.88. The Morgan fingerprint density at radius 1 is 1.00 bits per heavy atom. The second kappa shape index (κ2) is 6.64. The molecule has 1 aromatic heterocycles. The van der Waals surface area contributed by atoms with Crippen LogP contribution < -0.4 is 5.32 Å². The van der Waals surface area contributed by atoms with Crippen LogP contribution in [0.25, 0.3) is 11.3 Å². The molecule has 0 atom stereocenters. The van der Waals surface area contributed by atoms with Crippen molar-refractivity contribution >= 4 is 23.2 Å².